The number of alkyl halides is 3. The number of benzene rings is 2. The average molecular weight is 403 g/mol. The molecule has 3 rings (SSSR count). The number of aromatic nitrogens is 1. The average Bonchev–Trinajstić information content (AvgIpc) is 2.68. The summed E-state index contributed by atoms with van der Waals surface area (Å²) in [5, 5.41) is 4.91. The minimum atomic E-state index is -4.54. The number of anilines is 2. The van der Waals surface area contributed by atoms with Crippen LogP contribution < -0.4 is 20.1 Å². The minimum absolute atomic E-state index is 0.0999. The molecule has 1 aromatic heterocycles. The number of hydrogen-bond acceptors (Lipinski definition) is 4. The number of carbonyl (C=O) groups is 1. The van der Waals surface area contributed by atoms with Crippen LogP contribution in [0, 0.1) is 0 Å². The lowest BCUT2D eigenvalue weighted by atomic mass is 10.2. The van der Waals surface area contributed by atoms with Gasteiger partial charge in [0.05, 0.1) is 18.4 Å². The number of hydrogen-bond donors (Lipinski definition) is 2. The molecule has 0 radical (unpaired) electrons. The van der Waals surface area contributed by atoms with Gasteiger partial charge in [-0.15, -0.1) is 0 Å². The van der Waals surface area contributed by atoms with Gasteiger partial charge in [0.1, 0.15) is 17.2 Å². The number of halogens is 3. The molecule has 0 saturated carbocycles. The van der Waals surface area contributed by atoms with Crippen molar-refractivity contribution in [2.45, 2.75) is 6.18 Å². The fraction of sp³-hybridized carbons (Fsp3) is 0.100. The molecule has 2 aromatic carbocycles. The molecule has 150 valence electrons. The molecule has 0 atom stereocenters. The lowest BCUT2D eigenvalue weighted by molar-refractivity contribution is -0.137. The van der Waals surface area contributed by atoms with Crippen LogP contribution in [-0.2, 0) is 6.18 Å². The van der Waals surface area contributed by atoms with Gasteiger partial charge < -0.3 is 20.1 Å². The maximum absolute atomic E-state index is 12.9. The van der Waals surface area contributed by atoms with Crippen molar-refractivity contribution >= 4 is 17.4 Å². The normalized spacial score (nSPS) is 10.9. The van der Waals surface area contributed by atoms with Gasteiger partial charge in [0.15, 0.2) is 0 Å². The summed E-state index contributed by atoms with van der Waals surface area (Å²) in [6.45, 7) is 0. The Labute approximate surface area is 164 Å². The van der Waals surface area contributed by atoms with Crippen LogP contribution in [-0.4, -0.2) is 18.1 Å². The Morgan fingerprint density at radius 1 is 0.966 bits per heavy atom. The molecule has 2 N–H and O–H groups in total. The highest BCUT2D eigenvalue weighted by Crippen LogP contribution is 2.35. The number of methoxy groups -OCH3 is 1. The van der Waals surface area contributed by atoms with Gasteiger partial charge in [-0.05, 0) is 42.5 Å². The summed E-state index contributed by atoms with van der Waals surface area (Å²) < 4.78 is 49.4. The minimum Gasteiger partial charge on any atom is -0.495 e. The van der Waals surface area contributed by atoms with Crippen LogP contribution >= 0.6 is 0 Å². The third kappa shape index (κ3) is 5.38. The number of rotatable bonds is 5. The van der Waals surface area contributed by atoms with Crippen LogP contribution in [0.1, 0.15) is 5.56 Å². The monoisotopic (exact) mass is 403 g/mol. The Bertz CT molecular complexity index is 995. The second-order valence-corrected chi connectivity index (χ2v) is 5.80. The number of amides is 2. The van der Waals surface area contributed by atoms with Crippen molar-refractivity contribution in [3.05, 3.63) is 72.6 Å². The van der Waals surface area contributed by atoms with E-state index in [1.807, 2.05) is 0 Å². The summed E-state index contributed by atoms with van der Waals surface area (Å²) >= 11 is 0. The van der Waals surface area contributed by atoms with Crippen molar-refractivity contribution in [2.75, 3.05) is 17.7 Å². The third-order valence-electron chi connectivity index (χ3n) is 3.75. The molecule has 9 heteroatoms. The lowest BCUT2D eigenvalue weighted by Crippen LogP contribution is -2.20. The number of pyridine rings is 1. The molecule has 0 fully saturated rings. The zero-order valence-corrected chi connectivity index (χ0v) is 15.2. The Morgan fingerprint density at radius 3 is 2.41 bits per heavy atom. The first-order valence-corrected chi connectivity index (χ1v) is 8.36. The fourth-order valence-electron chi connectivity index (χ4n) is 2.45. The van der Waals surface area contributed by atoms with Crippen LogP contribution in [0.3, 0.4) is 0 Å². The standard InChI is InChI=1S/C20H16F3N3O3/c1-28-18-6-5-13(20(21,22)23)11-17(18)26-19(27)25-14-3-2-4-16(12-14)29-15-7-9-24-10-8-15/h2-12H,1H3,(H2,25,26,27). The quantitative estimate of drug-likeness (QED) is 0.586. The van der Waals surface area contributed by atoms with E-state index < -0.39 is 17.8 Å². The molecule has 0 aliphatic heterocycles. The zero-order chi connectivity index (χ0) is 20.9. The fourth-order valence-corrected chi connectivity index (χ4v) is 2.45. The van der Waals surface area contributed by atoms with Crippen molar-refractivity contribution in [3.63, 3.8) is 0 Å². The zero-order valence-electron chi connectivity index (χ0n) is 15.2. The molecule has 0 saturated heterocycles. The largest absolute Gasteiger partial charge is 0.495 e. The molecular formula is C20H16F3N3O3. The Kier molecular flexibility index (Phi) is 5.87. The van der Waals surface area contributed by atoms with E-state index in [1.165, 1.54) is 7.11 Å². The van der Waals surface area contributed by atoms with E-state index in [2.05, 4.69) is 15.6 Å². The van der Waals surface area contributed by atoms with Gasteiger partial charge in [-0.1, -0.05) is 6.07 Å². The molecular weight excluding hydrogens is 387 g/mol. The van der Waals surface area contributed by atoms with Crippen molar-refractivity contribution in [1.29, 1.82) is 0 Å². The molecule has 1 heterocycles. The van der Waals surface area contributed by atoms with Crippen molar-refractivity contribution in [3.8, 4) is 17.2 Å². The lowest BCUT2D eigenvalue weighted by Gasteiger charge is -2.14. The van der Waals surface area contributed by atoms with Crippen molar-refractivity contribution in [2.24, 2.45) is 0 Å². The SMILES string of the molecule is COc1ccc(C(F)(F)F)cc1NC(=O)Nc1cccc(Oc2ccncc2)c1. The Hall–Kier alpha value is -3.75. The van der Waals surface area contributed by atoms with Crippen LogP contribution in [0.15, 0.2) is 67.0 Å². The van der Waals surface area contributed by atoms with Crippen LogP contribution in [0.25, 0.3) is 0 Å². The molecule has 6 nitrogen and oxygen atoms in total. The van der Waals surface area contributed by atoms with Crippen LogP contribution in [0.4, 0.5) is 29.3 Å². The Balaban J connectivity index is 1.72. The molecule has 0 bridgehead atoms. The van der Waals surface area contributed by atoms with E-state index in [4.69, 9.17) is 9.47 Å². The number of nitrogens with one attached hydrogen (secondary N) is 2. The van der Waals surface area contributed by atoms with Gasteiger partial charge in [-0.3, -0.25) is 4.98 Å². The van der Waals surface area contributed by atoms with Gasteiger partial charge in [0.25, 0.3) is 0 Å². The summed E-state index contributed by atoms with van der Waals surface area (Å²) in [6.07, 6.45) is -1.39. The number of carbonyl (C=O) groups excluding carboxylic acids is 1. The van der Waals surface area contributed by atoms with E-state index >= 15 is 0 Å². The van der Waals surface area contributed by atoms with Crippen molar-refractivity contribution < 1.29 is 27.4 Å². The summed E-state index contributed by atoms with van der Waals surface area (Å²) in [6, 6.07) is 12.0. The molecule has 3 aromatic rings. The van der Waals surface area contributed by atoms with Gasteiger partial charge in [0.2, 0.25) is 0 Å². The molecule has 0 aliphatic rings. The highest BCUT2D eigenvalue weighted by Gasteiger charge is 2.31. The van der Waals surface area contributed by atoms with Crippen LogP contribution in [0.2, 0.25) is 0 Å². The van der Waals surface area contributed by atoms with E-state index in [9.17, 15) is 18.0 Å². The molecule has 0 spiro atoms. The first-order chi connectivity index (χ1) is 13.8. The van der Waals surface area contributed by atoms with Gasteiger partial charge >= 0.3 is 12.2 Å². The van der Waals surface area contributed by atoms with Gasteiger partial charge in [-0.2, -0.15) is 13.2 Å². The van der Waals surface area contributed by atoms with E-state index in [0.29, 0.717) is 17.2 Å². The maximum atomic E-state index is 12.9. The Morgan fingerprint density at radius 2 is 1.72 bits per heavy atom. The summed E-state index contributed by atoms with van der Waals surface area (Å²) in [4.78, 5) is 16.2. The topological polar surface area (TPSA) is 72.5 Å². The maximum Gasteiger partial charge on any atom is 0.416 e. The number of ether oxygens (including phenoxy) is 2. The second kappa shape index (κ2) is 8.51. The number of nitrogens with zero attached hydrogens (tertiary/aromatic N) is 1. The highest BCUT2D eigenvalue weighted by molar-refractivity contribution is 6.00. The third-order valence-corrected chi connectivity index (χ3v) is 3.75. The molecule has 0 unspecified atom stereocenters. The first-order valence-electron chi connectivity index (χ1n) is 8.36. The van der Waals surface area contributed by atoms with Gasteiger partial charge in [0, 0.05) is 24.1 Å². The molecule has 2 amide bonds. The van der Waals surface area contributed by atoms with Crippen molar-refractivity contribution in [1.82, 2.24) is 4.98 Å². The first kappa shape index (κ1) is 20.0. The molecule has 29 heavy (non-hydrogen) atoms. The second-order valence-electron chi connectivity index (χ2n) is 5.80. The number of urea groups is 1. The predicted molar refractivity (Wildman–Crippen MR) is 101 cm³/mol. The van der Waals surface area contributed by atoms with Crippen LogP contribution in [0.5, 0.6) is 17.2 Å². The van der Waals surface area contributed by atoms with Gasteiger partial charge in [-0.25, -0.2) is 4.79 Å². The highest BCUT2D eigenvalue weighted by atomic mass is 19.4. The summed E-state index contributed by atoms with van der Waals surface area (Å²) in [5.41, 5.74) is -0.620. The summed E-state index contributed by atoms with van der Waals surface area (Å²) in [5.74, 6) is 1.13. The van der Waals surface area contributed by atoms with E-state index in [-0.39, 0.29) is 11.4 Å². The molecule has 0 aliphatic carbocycles. The summed E-state index contributed by atoms with van der Waals surface area (Å²) in [7, 11) is 1.30. The van der Waals surface area contributed by atoms with E-state index in [1.54, 1.807) is 48.8 Å². The van der Waals surface area contributed by atoms with E-state index in [0.717, 1.165) is 18.2 Å². The predicted octanol–water partition coefficient (Wildman–Crippen LogP) is 5.55. The smallest absolute Gasteiger partial charge is 0.416 e.